The minimum Gasteiger partial charge on any atom is -0.481 e. The summed E-state index contributed by atoms with van der Waals surface area (Å²) < 4.78 is 13.2. The second-order valence-electron chi connectivity index (χ2n) is 5.06. The lowest BCUT2D eigenvalue weighted by Crippen LogP contribution is -2.36. The Labute approximate surface area is 111 Å². The Morgan fingerprint density at radius 1 is 1.32 bits per heavy atom. The molecule has 0 aliphatic rings. The highest BCUT2D eigenvalue weighted by molar-refractivity contribution is 5.80. The van der Waals surface area contributed by atoms with Gasteiger partial charge in [0.15, 0.2) is 0 Å². The van der Waals surface area contributed by atoms with Crippen molar-refractivity contribution < 1.29 is 19.1 Å². The Kier molecular flexibility index (Phi) is 5.03. The van der Waals surface area contributed by atoms with Crippen molar-refractivity contribution in [3.63, 3.8) is 0 Å². The number of hydrogen-bond donors (Lipinski definition) is 2. The second kappa shape index (κ2) is 6.31. The van der Waals surface area contributed by atoms with Crippen LogP contribution in [0.4, 0.5) is 4.39 Å². The summed E-state index contributed by atoms with van der Waals surface area (Å²) in [5.41, 5.74) is 0.368. The van der Waals surface area contributed by atoms with E-state index < -0.39 is 11.4 Å². The number of amides is 1. The van der Waals surface area contributed by atoms with Gasteiger partial charge in [0.1, 0.15) is 5.82 Å². The van der Waals surface area contributed by atoms with Crippen LogP contribution in [0.25, 0.3) is 0 Å². The molecule has 0 unspecified atom stereocenters. The van der Waals surface area contributed by atoms with Gasteiger partial charge in [-0.3, -0.25) is 9.59 Å². The van der Waals surface area contributed by atoms with Crippen LogP contribution in [0, 0.1) is 5.82 Å². The Balaban J connectivity index is 2.55. The third-order valence-electron chi connectivity index (χ3n) is 2.90. The summed E-state index contributed by atoms with van der Waals surface area (Å²) >= 11 is 0. The fraction of sp³-hybridized carbons (Fsp3) is 0.429. The quantitative estimate of drug-likeness (QED) is 0.829. The number of carboxylic acids is 1. The molecule has 0 heterocycles. The number of nitrogens with one attached hydrogen (secondary N) is 1. The van der Waals surface area contributed by atoms with Gasteiger partial charge in [0, 0.05) is 18.4 Å². The maximum absolute atomic E-state index is 13.2. The van der Waals surface area contributed by atoms with E-state index in [1.165, 1.54) is 12.1 Å². The van der Waals surface area contributed by atoms with E-state index in [1.54, 1.807) is 12.1 Å². The van der Waals surface area contributed by atoms with E-state index in [9.17, 15) is 14.0 Å². The molecule has 0 radical (unpaired) electrons. The topological polar surface area (TPSA) is 66.4 Å². The van der Waals surface area contributed by atoms with Crippen molar-refractivity contribution in [2.24, 2.45) is 0 Å². The van der Waals surface area contributed by atoms with Gasteiger partial charge in [-0.05, 0) is 17.7 Å². The van der Waals surface area contributed by atoms with Gasteiger partial charge in [-0.2, -0.15) is 0 Å². The molecular weight excluding hydrogens is 249 g/mol. The van der Waals surface area contributed by atoms with Crippen LogP contribution in [-0.2, 0) is 15.0 Å². The maximum atomic E-state index is 13.2. The zero-order valence-corrected chi connectivity index (χ0v) is 11.1. The summed E-state index contributed by atoms with van der Waals surface area (Å²) in [5.74, 6) is -1.63. The van der Waals surface area contributed by atoms with Crippen molar-refractivity contribution in [3.8, 4) is 0 Å². The number of rotatable bonds is 6. The average molecular weight is 267 g/mol. The maximum Gasteiger partial charge on any atom is 0.303 e. The molecule has 0 aliphatic heterocycles. The number of carbonyl (C=O) groups excluding carboxylic acids is 1. The molecule has 1 rings (SSSR count). The van der Waals surface area contributed by atoms with Crippen LogP contribution in [0.1, 0.15) is 32.3 Å². The number of benzene rings is 1. The van der Waals surface area contributed by atoms with Crippen molar-refractivity contribution >= 4 is 11.9 Å². The van der Waals surface area contributed by atoms with Crippen molar-refractivity contribution in [3.05, 3.63) is 35.6 Å². The summed E-state index contributed by atoms with van der Waals surface area (Å²) in [6.07, 6.45) is -0.235. The molecule has 0 saturated heterocycles. The van der Waals surface area contributed by atoms with Crippen LogP contribution in [0.15, 0.2) is 24.3 Å². The van der Waals surface area contributed by atoms with E-state index in [0.29, 0.717) is 6.54 Å². The summed E-state index contributed by atoms with van der Waals surface area (Å²) in [6.45, 7) is 4.10. The lowest BCUT2D eigenvalue weighted by Gasteiger charge is -2.25. The number of hydrogen-bond acceptors (Lipinski definition) is 2. The Bertz CT molecular complexity index is 472. The Morgan fingerprint density at radius 2 is 2.00 bits per heavy atom. The van der Waals surface area contributed by atoms with Crippen molar-refractivity contribution in [1.82, 2.24) is 5.32 Å². The first kappa shape index (κ1) is 15.1. The number of aliphatic carboxylic acids is 1. The summed E-state index contributed by atoms with van der Waals surface area (Å²) in [6, 6.07) is 6.22. The fourth-order valence-corrected chi connectivity index (χ4v) is 1.64. The molecule has 5 heteroatoms. The zero-order chi connectivity index (χ0) is 14.5. The third-order valence-corrected chi connectivity index (χ3v) is 2.90. The predicted octanol–water partition coefficient (Wildman–Crippen LogP) is 2.08. The van der Waals surface area contributed by atoms with Gasteiger partial charge >= 0.3 is 5.97 Å². The number of carboxylic acid groups (broad SMARTS) is 1. The Hall–Kier alpha value is -1.91. The first-order valence-electron chi connectivity index (χ1n) is 6.06. The van der Waals surface area contributed by atoms with E-state index in [4.69, 9.17) is 5.11 Å². The summed E-state index contributed by atoms with van der Waals surface area (Å²) in [4.78, 5) is 21.8. The van der Waals surface area contributed by atoms with Gasteiger partial charge in [0.05, 0.1) is 6.42 Å². The minimum absolute atomic E-state index is 0.0471. The van der Waals surface area contributed by atoms with E-state index in [2.05, 4.69) is 5.32 Å². The van der Waals surface area contributed by atoms with Gasteiger partial charge in [-0.15, -0.1) is 0 Å². The van der Waals surface area contributed by atoms with Crippen LogP contribution in [0.3, 0.4) is 0 Å². The minimum atomic E-state index is -1.00. The molecule has 0 aliphatic carbocycles. The first-order chi connectivity index (χ1) is 8.81. The molecule has 0 bridgehead atoms. The predicted molar refractivity (Wildman–Crippen MR) is 69.3 cm³/mol. The van der Waals surface area contributed by atoms with Gasteiger partial charge < -0.3 is 10.4 Å². The normalized spacial score (nSPS) is 11.1. The van der Waals surface area contributed by atoms with Crippen LogP contribution >= 0.6 is 0 Å². The van der Waals surface area contributed by atoms with Gasteiger partial charge in [-0.25, -0.2) is 4.39 Å². The highest BCUT2D eigenvalue weighted by Gasteiger charge is 2.21. The van der Waals surface area contributed by atoms with Crippen molar-refractivity contribution in [1.29, 1.82) is 0 Å². The molecule has 1 aromatic carbocycles. The summed E-state index contributed by atoms with van der Waals surface area (Å²) in [7, 11) is 0. The van der Waals surface area contributed by atoms with Crippen LogP contribution in [-0.4, -0.2) is 23.5 Å². The highest BCUT2D eigenvalue weighted by atomic mass is 19.1. The smallest absolute Gasteiger partial charge is 0.303 e. The van der Waals surface area contributed by atoms with Gasteiger partial charge in [0.25, 0.3) is 0 Å². The van der Waals surface area contributed by atoms with Crippen molar-refractivity contribution in [2.75, 3.05) is 6.54 Å². The first-order valence-corrected chi connectivity index (χ1v) is 6.06. The standard InChI is InChI=1S/C14H18FNO3/c1-14(2,10-4-3-5-11(15)8-10)9-16-12(17)6-7-13(18)19/h3-5,8H,6-7,9H2,1-2H3,(H,16,17)(H,18,19). The van der Waals surface area contributed by atoms with Crippen LogP contribution < -0.4 is 5.32 Å². The molecule has 4 nitrogen and oxygen atoms in total. The van der Waals surface area contributed by atoms with Gasteiger partial charge in [-0.1, -0.05) is 26.0 Å². The van der Waals surface area contributed by atoms with Crippen molar-refractivity contribution in [2.45, 2.75) is 32.1 Å². The molecule has 1 aromatic rings. The molecule has 0 aromatic heterocycles. The Morgan fingerprint density at radius 3 is 2.58 bits per heavy atom. The third kappa shape index (κ3) is 5.07. The number of carbonyl (C=O) groups is 2. The van der Waals surface area contributed by atoms with E-state index in [-0.39, 0.29) is 24.6 Å². The lowest BCUT2D eigenvalue weighted by molar-refractivity contribution is -0.138. The van der Waals surface area contributed by atoms with E-state index in [1.807, 2.05) is 13.8 Å². The monoisotopic (exact) mass is 267 g/mol. The second-order valence-corrected chi connectivity index (χ2v) is 5.06. The number of halogens is 1. The van der Waals surface area contributed by atoms with E-state index in [0.717, 1.165) is 5.56 Å². The summed E-state index contributed by atoms with van der Waals surface area (Å²) in [5, 5.41) is 11.1. The van der Waals surface area contributed by atoms with Crippen LogP contribution in [0.5, 0.6) is 0 Å². The molecule has 0 atom stereocenters. The molecule has 104 valence electrons. The molecule has 0 fully saturated rings. The molecule has 2 N–H and O–H groups in total. The largest absolute Gasteiger partial charge is 0.481 e. The fourth-order valence-electron chi connectivity index (χ4n) is 1.64. The molecular formula is C14H18FNO3. The van der Waals surface area contributed by atoms with Crippen LogP contribution in [0.2, 0.25) is 0 Å². The average Bonchev–Trinajstić information content (AvgIpc) is 2.34. The van der Waals surface area contributed by atoms with E-state index >= 15 is 0 Å². The zero-order valence-electron chi connectivity index (χ0n) is 11.1. The molecule has 1 amide bonds. The van der Waals surface area contributed by atoms with Gasteiger partial charge in [0.2, 0.25) is 5.91 Å². The molecule has 0 spiro atoms. The SMILES string of the molecule is CC(C)(CNC(=O)CCC(=O)O)c1cccc(F)c1. The lowest BCUT2D eigenvalue weighted by atomic mass is 9.84. The molecule has 0 saturated carbocycles. The molecule has 19 heavy (non-hydrogen) atoms. The highest BCUT2D eigenvalue weighted by Crippen LogP contribution is 2.22.